The van der Waals surface area contributed by atoms with Crippen molar-refractivity contribution in [3.63, 3.8) is 0 Å². The van der Waals surface area contributed by atoms with Gasteiger partial charge in [0, 0.05) is 0 Å². The molecule has 1 aliphatic carbocycles. The lowest BCUT2D eigenvalue weighted by Gasteiger charge is -2.31. The molecule has 0 heterocycles. The second-order valence-electron chi connectivity index (χ2n) is 5.62. The number of benzene rings is 1. The average molecular weight is 285 g/mol. The van der Waals surface area contributed by atoms with E-state index in [2.05, 4.69) is 13.8 Å². The van der Waals surface area contributed by atoms with Gasteiger partial charge in [0.15, 0.2) is 9.84 Å². The van der Waals surface area contributed by atoms with Gasteiger partial charge in [-0.1, -0.05) is 13.8 Å². The Bertz CT molecular complexity index is 571. The van der Waals surface area contributed by atoms with Crippen molar-refractivity contribution in [2.75, 3.05) is 5.73 Å². The first-order valence-electron chi connectivity index (χ1n) is 6.61. The standard InChI is InChI=1S/C14H20FNO2S/c1-9-3-5-12(7-10(9)2)19(17,18)14-6-4-11(15)8-13(14)16/h4,6,8-10,12H,3,5,7,16H2,1-2H3. The zero-order valence-corrected chi connectivity index (χ0v) is 12.1. The Balaban J connectivity index is 2.32. The summed E-state index contributed by atoms with van der Waals surface area (Å²) in [5, 5.41) is -0.397. The molecule has 1 aliphatic rings. The fourth-order valence-corrected chi connectivity index (χ4v) is 4.75. The van der Waals surface area contributed by atoms with Crippen molar-refractivity contribution < 1.29 is 12.8 Å². The number of nitrogens with two attached hydrogens (primary N) is 1. The molecule has 19 heavy (non-hydrogen) atoms. The summed E-state index contributed by atoms with van der Waals surface area (Å²) in [5.74, 6) is 0.425. The predicted octanol–water partition coefficient (Wildman–Crippen LogP) is 3.01. The van der Waals surface area contributed by atoms with Crippen LogP contribution >= 0.6 is 0 Å². The third-order valence-corrected chi connectivity index (χ3v) is 6.56. The molecule has 106 valence electrons. The smallest absolute Gasteiger partial charge is 0.183 e. The first-order chi connectivity index (χ1) is 8.82. The Morgan fingerprint density at radius 3 is 2.47 bits per heavy atom. The number of anilines is 1. The third kappa shape index (κ3) is 2.76. The van der Waals surface area contributed by atoms with Gasteiger partial charge in [-0.25, -0.2) is 12.8 Å². The van der Waals surface area contributed by atoms with Gasteiger partial charge in [-0.2, -0.15) is 0 Å². The lowest BCUT2D eigenvalue weighted by atomic mass is 9.81. The van der Waals surface area contributed by atoms with Crippen molar-refractivity contribution in [2.45, 2.75) is 43.3 Å². The number of sulfone groups is 1. The van der Waals surface area contributed by atoms with E-state index in [0.717, 1.165) is 18.6 Å². The van der Waals surface area contributed by atoms with Crippen LogP contribution in [0.5, 0.6) is 0 Å². The van der Waals surface area contributed by atoms with E-state index in [1.807, 2.05) is 0 Å². The lowest BCUT2D eigenvalue weighted by molar-refractivity contribution is 0.278. The molecule has 0 spiro atoms. The van der Waals surface area contributed by atoms with Crippen molar-refractivity contribution in [3.05, 3.63) is 24.0 Å². The molecule has 0 bridgehead atoms. The van der Waals surface area contributed by atoms with Crippen molar-refractivity contribution in [1.82, 2.24) is 0 Å². The molecule has 0 saturated heterocycles. The maximum Gasteiger partial charge on any atom is 0.183 e. The quantitative estimate of drug-likeness (QED) is 0.671. The number of halogens is 1. The first-order valence-corrected chi connectivity index (χ1v) is 8.16. The minimum Gasteiger partial charge on any atom is -0.398 e. The van der Waals surface area contributed by atoms with E-state index >= 15 is 0 Å². The summed E-state index contributed by atoms with van der Waals surface area (Å²) in [5.41, 5.74) is 5.66. The largest absolute Gasteiger partial charge is 0.398 e. The summed E-state index contributed by atoms with van der Waals surface area (Å²) in [4.78, 5) is 0.0700. The number of rotatable bonds is 2. The molecule has 3 nitrogen and oxygen atoms in total. The molecular formula is C14H20FNO2S. The van der Waals surface area contributed by atoms with Gasteiger partial charge >= 0.3 is 0 Å². The van der Waals surface area contributed by atoms with Crippen molar-refractivity contribution in [2.24, 2.45) is 11.8 Å². The molecule has 2 rings (SSSR count). The van der Waals surface area contributed by atoms with Crippen LogP contribution in [0.3, 0.4) is 0 Å². The fourth-order valence-electron chi connectivity index (χ4n) is 2.74. The Hall–Kier alpha value is -1.10. The predicted molar refractivity (Wildman–Crippen MR) is 74.0 cm³/mol. The van der Waals surface area contributed by atoms with Gasteiger partial charge in [0.05, 0.1) is 15.8 Å². The van der Waals surface area contributed by atoms with Crippen molar-refractivity contribution in [1.29, 1.82) is 0 Å². The van der Waals surface area contributed by atoms with Crippen LogP contribution in [-0.2, 0) is 9.84 Å². The maximum atomic E-state index is 13.0. The van der Waals surface area contributed by atoms with Gasteiger partial charge in [0.1, 0.15) is 5.82 Å². The Morgan fingerprint density at radius 1 is 1.21 bits per heavy atom. The van der Waals surface area contributed by atoms with Gasteiger partial charge in [-0.15, -0.1) is 0 Å². The molecule has 0 aromatic heterocycles. The van der Waals surface area contributed by atoms with Gasteiger partial charge in [0.25, 0.3) is 0 Å². The Kier molecular flexibility index (Phi) is 3.85. The van der Waals surface area contributed by atoms with Crippen LogP contribution in [0, 0.1) is 17.7 Å². The van der Waals surface area contributed by atoms with Crippen LogP contribution in [0.2, 0.25) is 0 Å². The van der Waals surface area contributed by atoms with Crippen molar-refractivity contribution in [3.8, 4) is 0 Å². The molecule has 0 radical (unpaired) electrons. The average Bonchev–Trinajstić information content (AvgIpc) is 2.32. The number of nitrogen functional groups attached to an aromatic ring is 1. The van der Waals surface area contributed by atoms with Crippen LogP contribution in [0.1, 0.15) is 33.1 Å². The van der Waals surface area contributed by atoms with E-state index < -0.39 is 20.9 Å². The second-order valence-corrected chi connectivity index (χ2v) is 7.81. The van der Waals surface area contributed by atoms with E-state index in [1.54, 1.807) is 0 Å². The van der Waals surface area contributed by atoms with Crippen molar-refractivity contribution >= 4 is 15.5 Å². The third-order valence-electron chi connectivity index (χ3n) is 4.27. The summed E-state index contributed by atoms with van der Waals surface area (Å²) in [6.45, 7) is 4.24. The highest BCUT2D eigenvalue weighted by Crippen LogP contribution is 2.36. The van der Waals surface area contributed by atoms with Crippen LogP contribution in [0.25, 0.3) is 0 Å². The summed E-state index contributed by atoms with van der Waals surface area (Å²) >= 11 is 0. The van der Waals surface area contributed by atoms with E-state index in [9.17, 15) is 12.8 Å². The van der Waals surface area contributed by atoms with Gasteiger partial charge in [-0.3, -0.25) is 0 Å². The fraction of sp³-hybridized carbons (Fsp3) is 0.571. The zero-order chi connectivity index (χ0) is 14.2. The number of hydrogen-bond donors (Lipinski definition) is 1. The molecule has 1 aromatic rings. The number of hydrogen-bond acceptors (Lipinski definition) is 3. The molecular weight excluding hydrogens is 265 g/mol. The summed E-state index contributed by atoms with van der Waals surface area (Å²) < 4.78 is 38.2. The highest BCUT2D eigenvalue weighted by atomic mass is 32.2. The highest BCUT2D eigenvalue weighted by molar-refractivity contribution is 7.92. The second kappa shape index (κ2) is 5.12. The molecule has 3 unspecified atom stereocenters. The van der Waals surface area contributed by atoms with E-state index in [0.29, 0.717) is 24.7 Å². The minimum absolute atomic E-state index is 0.00581. The molecule has 3 atom stereocenters. The first kappa shape index (κ1) is 14.3. The zero-order valence-electron chi connectivity index (χ0n) is 11.3. The molecule has 1 saturated carbocycles. The monoisotopic (exact) mass is 285 g/mol. The van der Waals surface area contributed by atoms with Crippen LogP contribution in [0.15, 0.2) is 23.1 Å². The summed E-state index contributed by atoms with van der Waals surface area (Å²) in [6.07, 6.45) is 2.22. The van der Waals surface area contributed by atoms with Gasteiger partial charge < -0.3 is 5.73 Å². The molecule has 5 heteroatoms. The molecule has 1 aromatic carbocycles. The normalized spacial score (nSPS) is 28.3. The van der Waals surface area contributed by atoms with Gasteiger partial charge in [-0.05, 0) is 49.3 Å². The maximum absolute atomic E-state index is 13.0. The SMILES string of the molecule is CC1CCC(S(=O)(=O)c2ccc(F)cc2N)CC1C. The molecule has 0 aliphatic heterocycles. The Labute approximate surface area is 113 Å². The lowest BCUT2D eigenvalue weighted by Crippen LogP contribution is -2.31. The summed E-state index contributed by atoms with van der Waals surface area (Å²) in [6, 6.07) is 3.50. The van der Waals surface area contributed by atoms with E-state index in [1.165, 1.54) is 6.07 Å². The van der Waals surface area contributed by atoms with Crippen LogP contribution < -0.4 is 5.73 Å². The molecule has 2 N–H and O–H groups in total. The van der Waals surface area contributed by atoms with Gasteiger partial charge in [0.2, 0.25) is 0 Å². The molecule has 0 amide bonds. The topological polar surface area (TPSA) is 60.2 Å². The van der Waals surface area contributed by atoms with Crippen LogP contribution in [0.4, 0.5) is 10.1 Å². The highest BCUT2D eigenvalue weighted by Gasteiger charge is 2.35. The minimum atomic E-state index is -3.46. The van der Waals surface area contributed by atoms with E-state index in [-0.39, 0.29) is 10.6 Å². The van der Waals surface area contributed by atoms with E-state index in [4.69, 9.17) is 5.73 Å². The van der Waals surface area contributed by atoms with Crippen LogP contribution in [-0.4, -0.2) is 13.7 Å². The Morgan fingerprint density at radius 2 is 1.89 bits per heavy atom. The molecule has 1 fully saturated rings. The summed E-state index contributed by atoms with van der Waals surface area (Å²) in [7, 11) is -3.46.